The first kappa shape index (κ1) is 16.7. The molecule has 2 aliphatic heterocycles. The Morgan fingerprint density at radius 3 is 2.15 bits per heavy atom. The summed E-state index contributed by atoms with van der Waals surface area (Å²) in [6.07, 6.45) is 8.74. The monoisotopic (exact) mass is 353 g/mol. The molecule has 0 spiro atoms. The minimum absolute atomic E-state index is 0.0284. The van der Waals surface area contributed by atoms with Crippen molar-refractivity contribution >= 4 is 17.8 Å². The van der Waals surface area contributed by atoms with Crippen LogP contribution in [-0.4, -0.2) is 70.0 Å². The molecule has 2 saturated heterocycles. The zero-order valence-corrected chi connectivity index (χ0v) is 14.8. The van der Waals surface area contributed by atoms with Gasteiger partial charge in [-0.25, -0.2) is 19.9 Å². The van der Waals surface area contributed by atoms with Crippen molar-refractivity contribution in [1.29, 1.82) is 0 Å². The summed E-state index contributed by atoms with van der Waals surface area (Å²) in [5.74, 6) is 1.36. The van der Waals surface area contributed by atoms with Crippen molar-refractivity contribution in [3.63, 3.8) is 0 Å². The molecule has 2 fully saturated rings. The molecular formula is C18H23N7O. The van der Waals surface area contributed by atoms with E-state index in [2.05, 4.69) is 29.7 Å². The Labute approximate surface area is 152 Å². The van der Waals surface area contributed by atoms with Gasteiger partial charge in [0.15, 0.2) is 0 Å². The summed E-state index contributed by atoms with van der Waals surface area (Å²) in [4.78, 5) is 36.4. The second-order valence-corrected chi connectivity index (χ2v) is 6.62. The van der Waals surface area contributed by atoms with Crippen LogP contribution >= 0.6 is 0 Å². The molecule has 8 heteroatoms. The van der Waals surface area contributed by atoms with Crippen LogP contribution in [0.4, 0.5) is 11.9 Å². The highest BCUT2D eigenvalue weighted by molar-refractivity contribution is 5.92. The van der Waals surface area contributed by atoms with Gasteiger partial charge in [0, 0.05) is 57.9 Å². The van der Waals surface area contributed by atoms with Gasteiger partial charge in [0.2, 0.25) is 11.9 Å². The van der Waals surface area contributed by atoms with Crippen LogP contribution in [0.25, 0.3) is 0 Å². The van der Waals surface area contributed by atoms with Gasteiger partial charge in [-0.3, -0.25) is 4.79 Å². The maximum absolute atomic E-state index is 12.8. The van der Waals surface area contributed by atoms with E-state index in [1.54, 1.807) is 30.7 Å². The van der Waals surface area contributed by atoms with E-state index in [0.717, 1.165) is 39.0 Å². The lowest BCUT2D eigenvalue weighted by Crippen LogP contribution is -2.49. The van der Waals surface area contributed by atoms with E-state index >= 15 is 0 Å². The van der Waals surface area contributed by atoms with E-state index in [-0.39, 0.29) is 5.91 Å². The Bertz CT molecular complexity index is 740. The Kier molecular flexibility index (Phi) is 4.90. The van der Waals surface area contributed by atoms with E-state index < -0.39 is 0 Å². The lowest BCUT2D eigenvalue weighted by molar-refractivity contribution is 0.0740. The summed E-state index contributed by atoms with van der Waals surface area (Å²) >= 11 is 0. The van der Waals surface area contributed by atoms with Crippen LogP contribution in [0.5, 0.6) is 0 Å². The van der Waals surface area contributed by atoms with E-state index in [4.69, 9.17) is 0 Å². The largest absolute Gasteiger partial charge is 0.341 e. The van der Waals surface area contributed by atoms with Gasteiger partial charge >= 0.3 is 0 Å². The van der Waals surface area contributed by atoms with Gasteiger partial charge in [-0.05, 0) is 31.4 Å². The number of rotatable bonds is 3. The molecular weight excluding hydrogens is 330 g/mol. The summed E-state index contributed by atoms with van der Waals surface area (Å²) in [6, 6.07) is 3.51. The van der Waals surface area contributed by atoms with E-state index in [9.17, 15) is 4.79 Å². The molecule has 1 amide bonds. The third kappa shape index (κ3) is 3.58. The second kappa shape index (κ2) is 7.63. The number of hydrogen-bond acceptors (Lipinski definition) is 7. The Hall–Kier alpha value is -2.77. The normalized spacial score (nSPS) is 18.1. The lowest BCUT2D eigenvalue weighted by atomic mass is 10.1. The SMILES string of the molecule is O=C(c1ccnc(N2CCCCC2)n1)N1CCN(c2ncccn2)CC1. The molecule has 0 saturated carbocycles. The highest BCUT2D eigenvalue weighted by Crippen LogP contribution is 2.17. The predicted molar refractivity (Wildman–Crippen MR) is 98.2 cm³/mol. The zero-order valence-electron chi connectivity index (χ0n) is 14.8. The van der Waals surface area contributed by atoms with Gasteiger partial charge in [-0.15, -0.1) is 0 Å². The van der Waals surface area contributed by atoms with Crippen LogP contribution in [0.15, 0.2) is 30.7 Å². The quantitative estimate of drug-likeness (QED) is 0.821. The fourth-order valence-electron chi connectivity index (χ4n) is 3.44. The number of piperazine rings is 1. The van der Waals surface area contributed by atoms with Crippen LogP contribution < -0.4 is 9.80 Å². The highest BCUT2D eigenvalue weighted by atomic mass is 16.2. The number of carbonyl (C=O) groups is 1. The number of hydrogen-bond donors (Lipinski definition) is 0. The lowest BCUT2D eigenvalue weighted by Gasteiger charge is -2.34. The number of anilines is 2. The minimum Gasteiger partial charge on any atom is -0.341 e. The molecule has 26 heavy (non-hydrogen) atoms. The fourth-order valence-corrected chi connectivity index (χ4v) is 3.44. The molecule has 136 valence electrons. The first-order chi connectivity index (χ1) is 12.8. The third-order valence-corrected chi connectivity index (χ3v) is 4.90. The summed E-state index contributed by atoms with van der Waals surface area (Å²) in [5, 5.41) is 0. The Balaban J connectivity index is 1.40. The summed E-state index contributed by atoms with van der Waals surface area (Å²) in [7, 11) is 0. The van der Waals surface area contributed by atoms with Gasteiger partial charge in [-0.2, -0.15) is 0 Å². The van der Waals surface area contributed by atoms with E-state index in [1.807, 2.05) is 4.90 Å². The van der Waals surface area contributed by atoms with Crippen LogP contribution in [0.1, 0.15) is 29.8 Å². The van der Waals surface area contributed by atoms with Gasteiger partial charge in [0.1, 0.15) is 5.69 Å². The number of nitrogens with zero attached hydrogens (tertiary/aromatic N) is 7. The van der Waals surface area contributed by atoms with Crippen molar-refractivity contribution in [2.45, 2.75) is 19.3 Å². The molecule has 2 aromatic heterocycles. The maximum Gasteiger partial charge on any atom is 0.272 e. The van der Waals surface area contributed by atoms with Crippen molar-refractivity contribution in [3.8, 4) is 0 Å². The van der Waals surface area contributed by atoms with E-state index in [0.29, 0.717) is 30.7 Å². The van der Waals surface area contributed by atoms with Crippen molar-refractivity contribution in [2.75, 3.05) is 49.1 Å². The molecule has 4 rings (SSSR count). The van der Waals surface area contributed by atoms with Crippen LogP contribution in [0, 0.1) is 0 Å². The molecule has 4 heterocycles. The van der Waals surface area contributed by atoms with Crippen molar-refractivity contribution < 1.29 is 4.79 Å². The minimum atomic E-state index is -0.0284. The summed E-state index contributed by atoms with van der Waals surface area (Å²) < 4.78 is 0. The number of amides is 1. The van der Waals surface area contributed by atoms with Gasteiger partial charge in [0.05, 0.1) is 0 Å². The third-order valence-electron chi connectivity index (χ3n) is 4.90. The van der Waals surface area contributed by atoms with E-state index in [1.165, 1.54) is 6.42 Å². The molecule has 0 bridgehead atoms. The average Bonchev–Trinajstić information content (AvgIpc) is 2.75. The van der Waals surface area contributed by atoms with Crippen molar-refractivity contribution in [3.05, 3.63) is 36.4 Å². The zero-order chi connectivity index (χ0) is 17.8. The second-order valence-electron chi connectivity index (χ2n) is 6.62. The van der Waals surface area contributed by atoms with Crippen LogP contribution in [0.3, 0.4) is 0 Å². The highest BCUT2D eigenvalue weighted by Gasteiger charge is 2.25. The molecule has 0 aliphatic carbocycles. The molecule has 0 atom stereocenters. The molecule has 0 aromatic carbocycles. The van der Waals surface area contributed by atoms with Crippen LogP contribution in [-0.2, 0) is 0 Å². The fraction of sp³-hybridized carbons (Fsp3) is 0.500. The van der Waals surface area contributed by atoms with Gasteiger partial charge < -0.3 is 14.7 Å². The summed E-state index contributed by atoms with van der Waals surface area (Å²) in [6.45, 7) is 4.65. The molecule has 0 unspecified atom stereocenters. The average molecular weight is 353 g/mol. The smallest absolute Gasteiger partial charge is 0.272 e. The first-order valence-corrected chi connectivity index (χ1v) is 9.20. The Morgan fingerprint density at radius 1 is 0.769 bits per heavy atom. The van der Waals surface area contributed by atoms with Crippen LogP contribution in [0.2, 0.25) is 0 Å². The number of aromatic nitrogens is 4. The van der Waals surface area contributed by atoms with Crippen molar-refractivity contribution in [2.24, 2.45) is 0 Å². The van der Waals surface area contributed by atoms with Gasteiger partial charge in [0.25, 0.3) is 5.91 Å². The predicted octanol–water partition coefficient (Wildman–Crippen LogP) is 1.22. The van der Waals surface area contributed by atoms with Gasteiger partial charge in [-0.1, -0.05) is 0 Å². The first-order valence-electron chi connectivity index (χ1n) is 9.20. The summed E-state index contributed by atoms with van der Waals surface area (Å²) in [5.41, 5.74) is 0.477. The molecule has 0 radical (unpaired) electrons. The molecule has 0 N–H and O–H groups in total. The molecule has 2 aromatic rings. The standard InChI is InChI=1S/C18H23N7O/c26-16(15-5-8-21-18(22-15)24-9-2-1-3-10-24)23-11-13-25(14-12-23)17-19-6-4-7-20-17/h4-8H,1-3,9-14H2. The maximum atomic E-state index is 12.8. The number of carbonyl (C=O) groups excluding carboxylic acids is 1. The number of piperidine rings is 1. The Morgan fingerprint density at radius 2 is 1.42 bits per heavy atom. The van der Waals surface area contributed by atoms with Crippen molar-refractivity contribution in [1.82, 2.24) is 24.8 Å². The topological polar surface area (TPSA) is 78.4 Å². The molecule has 2 aliphatic rings. The molecule has 8 nitrogen and oxygen atoms in total.